The lowest BCUT2D eigenvalue weighted by molar-refractivity contribution is -0.245. The van der Waals surface area contributed by atoms with Crippen LogP contribution in [0.4, 0.5) is 11.4 Å². The molecule has 2 amide bonds. The highest BCUT2D eigenvalue weighted by Gasteiger charge is 2.32. The number of benzene rings is 4. The second-order valence-electron chi connectivity index (χ2n) is 11.7. The van der Waals surface area contributed by atoms with Gasteiger partial charge in [0.2, 0.25) is 11.8 Å². The van der Waals surface area contributed by atoms with E-state index in [1.165, 1.54) is 0 Å². The molecule has 1 saturated heterocycles. The lowest BCUT2D eigenvalue weighted by Gasteiger charge is -2.36. The maximum atomic E-state index is 12.5. The highest BCUT2D eigenvalue weighted by atomic mass is 32.2. The molecule has 1 aliphatic rings. The average Bonchev–Trinajstić information content (AvgIpc) is 3.13. The number of nitrogen functional groups attached to an aromatic ring is 1. The minimum absolute atomic E-state index is 0.00725. The largest absolute Gasteiger partial charge is 0.496 e. The Morgan fingerprint density at radius 2 is 1.52 bits per heavy atom. The number of para-hydroxylation sites is 3. The number of amides is 2. The highest BCUT2D eigenvalue weighted by Crippen LogP contribution is 2.40. The first kappa shape index (κ1) is 35.0. The van der Waals surface area contributed by atoms with Gasteiger partial charge in [-0.1, -0.05) is 72.8 Å². The molecule has 252 valence electrons. The standard InChI is InChI=1S/C38H43N3O6S/c1-45-33-10-4-5-11-35(33)48-25-30-22-34(28-18-16-27(24-42)17-19-28)47-38(46-30)29-20-14-26(15-21-29)23-40-36(43)12-6-7-13-37(44)41-32-9-3-2-8-31(32)39/h2-5,8-11,14-21,30,34,38,42H,6-7,12-13,22-25,39H2,1H3,(H,40,43)(H,41,44)/t30-,34+,38+/m0/s1. The van der Waals surface area contributed by atoms with Gasteiger partial charge in [-0.05, 0) is 53.8 Å². The number of nitrogens with one attached hydrogen (secondary N) is 2. The Labute approximate surface area is 286 Å². The molecule has 0 aromatic heterocycles. The van der Waals surface area contributed by atoms with Gasteiger partial charge in [-0.3, -0.25) is 9.59 Å². The minimum atomic E-state index is -0.566. The number of rotatable bonds is 15. The molecule has 4 aromatic carbocycles. The molecule has 5 rings (SSSR count). The van der Waals surface area contributed by atoms with Gasteiger partial charge >= 0.3 is 0 Å². The fourth-order valence-corrected chi connectivity index (χ4v) is 6.47. The van der Waals surface area contributed by atoms with Gasteiger partial charge in [0.1, 0.15) is 5.75 Å². The number of anilines is 2. The molecule has 0 radical (unpaired) electrons. The second-order valence-corrected chi connectivity index (χ2v) is 12.7. The monoisotopic (exact) mass is 669 g/mol. The van der Waals surface area contributed by atoms with Gasteiger partial charge in [-0.15, -0.1) is 11.8 Å². The third-order valence-electron chi connectivity index (χ3n) is 8.14. The van der Waals surface area contributed by atoms with Crippen LogP contribution in [0.25, 0.3) is 0 Å². The summed E-state index contributed by atoms with van der Waals surface area (Å²) in [5.41, 5.74) is 10.7. The number of thioether (sulfide) groups is 1. The summed E-state index contributed by atoms with van der Waals surface area (Å²) in [4.78, 5) is 25.7. The molecule has 1 heterocycles. The van der Waals surface area contributed by atoms with Crippen molar-refractivity contribution in [2.24, 2.45) is 0 Å². The zero-order valence-corrected chi connectivity index (χ0v) is 27.9. The van der Waals surface area contributed by atoms with Gasteiger partial charge in [0.05, 0.1) is 37.3 Å². The molecule has 48 heavy (non-hydrogen) atoms. The van der Waals surface area contributed by atoms with Crippen LogP contribution in [0.2, 0.25) is 0 Å². The van der Waals surface area contributed by atoms with Crippen molar-refractivity contribution in [2.75, 3.05) is 23.9 Å². The molecule has 4 aromatic rings. The minimum Gasteiger partial charge on any atom is -0.496 e. The van der Waals surface area contributed by atoms with Crippen LogP contribution >= 0.6 is 11.8 Å². The predicted octanol–water partition coefficient (Wildman–Crippen LogP) is 6.92. The van der Waals surface area contributed by atoms with Crippen LogP contribution < -0.4 is 21.1 Å². The summed E-state index contributed by atoms with van der Waals surface area (Å²) < 4.78 is 18.5. The number of unbranched alkanes of at least 4 members (excludes halogenated alkanes) is 1. The summed E-state index contributed by atoms with van der Waals surface area (Å²) in [6.45, 7) is 0.393. The molecule has 10 heteroatoms. The number of hydrogen-bond donors (Lipinski definition) is 4. The molecule has 0 unspecified atom stereocenters. The maximum absolute atomic E-state index is 12.5. The molecular weight excluding hydrogens is 627 g/mol. The summed E-state index contributed by atoms with van der Waals surface area (Å²) in [5, 5.41) is 15.3. The van der Waals surface area contributed by atoms with Crippen molar-refractivity contribution < 1.29 is 28.9 Å². The number of methoxy groups -OCH3 is 1. The zero-order chi connectivity index (χ0) is 33.7. The molecule has 0 aliphatic carbocycles. The molecule has 0 spiro atoms. The van der Waals surface area contributed by atoms with E-state index in [1.54, 1.807) is 31.0 Å². The van der Waals surface area contributed by atoms with Gasteiger partial charge < -0.3 is 35.7 Å². The molecule has 0 bridgehead atoms. The third-order valence-corrected chi connectivity index (χ3v) is 9.33. The van der Waals surface area contributed by atoms with Crippen molar-refractivity contribution in [2.45, 2.75) is 68.6 Å². The quantitative estimate of drug-likeness (QED) is 0.0609. The van der Waals surface area contributed by atoms with Crippen LogP contribution in [0, 0.1) is 0 Å². The van der Waals surface area contributed by atoms with E-state index in [4.69, 9.17) is 19.9 Å². The van der Waals surface area contributed by atoms with Crippen LogP contribution in [0.5, 0.6) is 5.75 Å². The first-order valence-corrected chi connectivity index (χ1v) is 17.2. The normalized spacial score (nSPS) is 17.4. The summed E-state index contributed by atoms with van der Waals surface area (Å²) >= 11 is 1.70. The van der Waals surface area contributed by atoms with Crippen molar-refractivity contribution in [1.29, 1.82) is 0 Å². The molecule has 9 nitrogen and oxygen atoms in total. The van der Waals surface area contributed by atoms with Gasteiger partial charge in [0, 0.05) is 42.0 Å². The van der Waals surface area contributed by atoms with E-state index >= 15 is 0 Å². The highest BCUT2D eigenvalue weighted by molar-refractivity contribution is 7.99. The number of aliphatic hydroxyl groups excluding tert-OH is 1. The Morgan fingerprint density at radius 3 is 2.25 bits per heavy atom. The third kappa shape index (κ3) is 10.1. The van der Waals surface area contributed by atoms with E-state index in [-0.39, 0.29) is 30.6 Å². The van der Waals surface area contributed by atoms with Crippen molar-refractivity contribution >= 4 is 35.0 Å². The Kier molecular flexibility index (Phi) is 12.9. The zero-order valence-electron chi connectivity index (χ0n) is 27.1. The van der Waals surface area contributed by atoms with E-state index in [2.05, 4.69) is 10.6 Å². The number of aliphatic hydroxyl groups is 1. The number of carbonyl (C=O) groups excluding carboxylic acids is 2. The van der Waals surface area contributed by atoms with Gasteiger partial charge in [0.25, 0.3) is 0 Å². The first-order valence-electron chi connectivity index (χ1n) is 16.2. The first-order chi connectivity index (χ1) is 23.4. The summed E-state index contributed by atoms with van der Waals surface area (Å²) in [5.74, 6) is 1.38. The number of ether oxygens (including phenoxy) is 3. The van der Waals surface area contributed by atoms with Crippen molar-refractivity contribution in [1.82, 2.24) is 5.32 Å². The Morgan fingerprint density at radius 1 is 0.854 bits per heavy atom. The molecule has 5 N–H and O–H groups in total. The van der Waals surface area contributed by atoms with E-state index < -0.39 is 6.29 Å². The second kappa shape index (κ2) is 17.7. The SMILES string of the molecule is COc1ccccc1SC[C@@H]1C[C@H](c2ccc(CO)cc2)O[C@H](c2ccc(CNC(=O)CCCCC(=O)Nc3ccccc3N)cc2)O1. The fraction of sp³-hybridized carbons (Fsp3) is 0.316. The molecular formula is C38H43N3O6S. The van der Waals surface area contributed by atoms with E-state index in [0.29, 0.717) is 50.0 Å². The van der Waals surface area contributed by atoms with Crippen LogP contribution in [-0.4, -0.2) is 35.9 Å². The lowest BCUT2D eigenvalue weighted by atomic mass is 10.0. The molecule has 0 saturated carbocycles. The summed E-state index contributed by atoms with van der Waals surface area (Å²) in [6, 6.07) is 30.8. The van der Waals surface area contributed by atoms with Crippen molar-refractivity contribution in [3.8, 4) is 5.75 Å². The lowest BCUT2D eigenvalue weighted by Crippen LogP contribution is -2.31. The van der Waals surface area contributed by atoms with Gasteiger partial charge in [0.15, 0.2) is 6.29 Å². The number of hydrogen-bond acceptors (Lipinski definition) is 8. The summed E-state index contributed by atoms with van der Waals surface area (Å²) in [7, 11) is 1.68. The Balaban J connectivity index is 1.12. The fourth-order valence-electron chi connectivity index (χ4n) is 5.42. The van der Waals surface area contributed by atoms with Crippen LogP contribution in [-0.2, 0) is 32.2 Å². The molecule has 1 fully saturated rings. The van der Waals surface area contributed by atoms with E-state index in [0.717, 1.165) is 38.7 Å². The van der Waals surface area contributed by atoms with Crippen molar-refractivity contribution in [3.05, 3.63) is 119 Å². The Hall–Kier alpha value is -4.35. The summed E-state index contributed by atoms with van der Waals surface area (Å²) in [6.07, 6.45) is 1.74. The van der Waals surface area contributed by atoms with Crippen LogP contribution in [0.15, 0.2) is 102 Å². The Bertz CT molecular complexity index is 1630. The molecule has 1 aliphatic heterocycles. The van der Waals surface area contributed by atoms with Crippen LogP contribution in [0.1, 0.15) is 66.8 Å². The smallest absolute Gasteiger partial charge is 0.224 e. The topological polar surface area (TPSA) is 132 Å². The van der Waals surface area contributed by atoms with Gasteiger partial charge in [-0.25, -0.2) is 0 Å². The van der Waals surface area contributed by atoms with Crippen molar-refractivity contribution in [3.63, 3.8) is 0 Å². The molecule has 3 atom stereocenters. The average molecular weight is 670 g/mol. The van der Waals surface area contributed by atoms with Crippen LogP contribution in [0.3, 0.4) is 0 Å². The number of nitrogens with two attached hydrogens (primary N) is 1. The van der Waals surface area contributed by atoms with E-state index in [9.17, 15) is 14.7 Å². The maximum Gasteiger partial charge on any atom is 0.224 e. The predicted molar refractivity (Wildman–Crippen MR) is 188 cm³/mol. The van der Waals surface area contributed by atoms with Gasteiger partial charge in [-0.2, -0.15) is 0 Å². The number of carbonyl (C=O) groups is 2. The van der Waals surface area contributed by atoms with E-state index in [1.807, 2.05) is 84.9 Å².